The van der Waals surface area contributed by atoms with Gasteiger partial charge >= 0.3 is 6.03 Å². The molecule has 0 aromatic heterocycles. The monoisotopic (exact) mass is 199 g/mol. The van der Waals surface area contributed by atoms with E-state index in [0.29, 0.717) is 6.54 Å². The van der Waals surface area contributed by atoms with Crippen LogP contribution in [0.3, 0.4) is 0 Å². The number of nitrogens with zero attached hydrogens (tertiary/aromatic N) is 2. The number of hydrogen-bond donors (Lipinski definition) is 2. The molecule has 2 amide bonds. The first-order chi connectivity index (χ1) is 6.65. The normalized spacial score (nSPS) is 33.0. The number of carbonyl (C=O) groups is 1. The molecule has 1 atom stereocenters. The molecule has 2 aliphatic rings. The van der Waals surface area contributed by atoms with Gasteiger partial charge in [0.15, 0.2) is 0 Å². The predicted molar refractivity (Wildman–Crippen MR) is 52.0 cm³/mol. The molecule has 2 fully saturated rings. The summed E-state index contributed by atoms with van der Waals surface area (Å²) >= 11 is 0. The van der Waals surface area contributed by atoms with E-state index in [9.17, 15) is 4.79 Å². The topological polar surface area (TPSA) is 55.8 Å². The Hall–Kier alpha value is -0.810. The zero-order valence-electron chi connectivity index (χ0n) is 8.49. The highest BCUT2D eigenvalue weighted by Gasteiger charge is 2.45. The summed E-state index contributed by atoms with van der Waals surface area (Å²) in [6, 6.07) is -0.0330. The first-order valence-corrected chi connectivity index (χ1v) is 5.02. The van der Waals surface area contributed by atoms with Gasteiger partial charge in [-0.15, -0.1) is 0 Å². The number of likely N-dealkylation sites (tertiary alicyclic amines) is 1. The van der Waals surface area contributed by atoms with Gasteiger partial charge in [0, 0.05) is 26.2 Å². The van der Waals surface area contributed by atoms with Crippen molar-refractivity contribution in [1.82, 2.24) is 15.1 Å². The van der Waals surface area contributed by atoms with Crippen LogP contribution in [0.15, 0.2) is 0 Å². The minimum atomic E-state index is -0.0546. The Morgan fingerprint density at radius 3 is 2.93 bits per heavy atom. The predicted octanol–water partition coefficient (Wildman–Crippen LogP) is -0.922. The third-order valence-electron chi connectivity index (χ3n) is 3.07. The van der Waals surface area contributed by atoms with Crippen molar-refractivity contribution < 1.29 is 9.90 Å². The van der Waals surface area contributed by atoms with Crippen LogP contribution in [0.5, 0.6) is 0 Å². The van der Waals surface area contributed by atoms with Gasteiger partial charge in [0.1, 0.15) is 0 Å². The number of rotatable bonds is 2. The maximum absolute atomic E-state index is 11.5. The van der Waals surface area contributed by atoms with Gasteiger partial charge in [-0.25, -0.2) is 4.79 Å². The molecule has 5 nitrogen and oxygen atoms in total. The van der Waals surface area contributed by atoms with Gasteiger partial charge in [0.2, 0.25) is 0 Å². The van der Waals surface area contributed by atoms with Crippen molar-refractivity contribution in [2.24, 2.45) is 0 Å². The van der Waals surface area contributed by atoms with E-state index in [0.717, 1.165) is 26.1 Å². The minimum absolute atomic E-state index is 0.0330. The van der Waals surface area contributed by atoms with Gasteiger partial charge in [0.05, 0.1) is 12.1 Å². The Kier molecular flexibility index (Phi) is 2.36. The number of urea groups is 1. The highest BCUT2D eigenvalue weighted by Crippen LogP contribution is 2.25. The molecule has 2 rings (SSSR count). The van der Waals surface area contributed by atoms with Gasteiger partial charge < -0.3 is 20.2 Å². The number of hydrogen-bond acceptors (Lipinski definition) is 3. The molecule has 0 bridgehead atoms. The second-order valence-electron chi connectivity index (χ2n) is 4.34. The van der Waals surface area contributed by atoms with Crippen LogP contribution in [-0.4, -0.2) is 66.3 Å². The van der Waals surface area contributed by atoms with Gasteiger partial charge in [-0.1, -0.05) is 0 Å². The molecule has 5 heteroatoms. The quantitative estimate of drug-likeness (QED) is 0.604. The molecule has 80 valence electrons. The summed E-state index contributed by atoms with van der Waals surface area (Å²) in [6.07, 6.45) is 1.01. The van der Waals surface area contributed by atoms with E-state index in [2.05, 4.69) is 17.3 Å². The average molecular weight is 199 g/mol. The lowest BCUT2D eigenvalue weighted by molar-refractivity contribution is 0.195. The second-order valence-corrected chi connectivity index (χ2v) is 4.34. The van der Waals surface area contributed by atoms with Gasteiger partial charge in [-0.3, -0.25) is 0 Å². The van der Waals surface area contributed by atoms with Gasteiger partial charge in [-0.2, -0.15) is 0 Å². The van der Waals surface area contributed by atoms with E-state index in [4.69, 9.17) is 5.11 Å². The van der Waals surface area contributed by atoms with Crippen LogP contribution in [-0.2, 0) is 0 Å². The summed E-state index contributed by atoms with van der Waals surface area (Å²) in [7, 11) is 2.07. The molecule has 1 unspecified atom stereocenters. The van der Waals surface area contributed by atoms with Crippen molar-refractivity contribution in [2.75, 3.05) is 39.8 Å². The number of β-amino-alcohol motifs (C(OH)–C–C–N with tert-alkyl or cyclic N) is 1. The summed E-state index contributed by atoms with van der Waals surface area (Å²) in [6.45, 7) is 3.17. The van der Waals surface area contributed by atoms with Crippen molar-refractivity contribution >= 4 is 6.03 Å². The molecule has 0 aromatic carbocycles. The van der Waals surface area contributed by atoms with Gasteiger partial charge in [0.25, 0.3) is 0 Å². The fourth-order valence-corrected chi connectivity index (χ4v) is 2.39. The third-order valence-corrected chi connectivity index (χ3v) is 3.07. The first-order valence-electron chi connectivity index (χ1n) is 5.02. The second kappa shape index (κ2) is 3.40. The summed E-state index contributed by atoms with van der Waals surface area (Å²) in [4.78, 5) is 15.4. The molecule has 14 heavy (non-hydrogen) atoms. The average Bonchev–Trinajstić information content (AvgIpc) is 2.60. The standard InChI is InChI=1S/C9H17N3O2/c1-11-3-2-9(6-11)7-12(4-5-13)8(14)10-9/h13H,2-7H2,1H3,(H,10,14). The molecule has 2 aliphatic heterocycles. The van der Waals surface area contributed by atoms with Gasteiger partial charge in [-0.05, 0) is 13.5 Å². The fourth-order valence-electron chi connectivity index (χ4n) is 2.39. The first kappa shape index (κ1) is 9.73. The van der Waals surface area contributed by atoms with Crippen LogP contribution >= 0.6 is 0 Å². The summed E-state index contributed by atoms with van der Waals surface area (Å²) in [5.41, 5.74) is -0.0546. The van der Waals surface area contributed by atoms with Crippen molar-refractivity contribution in [2.45, 2.75) is 12.0 Å². The van der Waals surface area contributed by atoms with Crippen LogP contribution in [0, 0.1) is 0 Å². The molecule has 0 radical (unpaired) electrons. The molecule has 1 spiro atoms. The third kappa shape index (κ3) is 1.57. The van der Waals surface area contributed by atoms with E-state index < -0.39 is 0 Å². The Labute approximate surface area is 83.7 Å². The Bertz CT molecular complexity index is 246. The Balaban J connectivity index is 2.01. The van der Waals surface area contributed by atoms with E-state index in [-0.39, 0.29) is 18.2 Å². The molecular weight excluding hydrogens is 182 g/mol. The van der Waals surface area contributed by atoms with Crippen LogP contribution in [0.4, 0.5) is 4.79 Å². The number of nitrogens with one attached hydrogen (secondary N) is 1. The van der Waals surface area contributed by atoms with E-state index in [1.807, 2.05) is 0 Å². The minimum Gasteiger partial charge on any atom is -0.395 e. The lowest BCUT2D eigenvalue weighted by atomic mass is 10.0. The maximum atomic E-state index is 11.5. The molecule has 0 aliphatic carbocycles. The summed E-state index contributed by atoms with van der Waals surface area (Å²) in [5, 5.41) is 11.8. The summed E-state index contributed by atoms with van der Waals surface area (Å²) < 4.78 is 0. The van der Waals surface area contributed by atoms with E-state index >= 15 is 0 Å². The van der Waals surface area contributed by atoms with Crippen molar-refractivity contribution in [3.63, 3.8) is 0 Å². The fraction of sp³-hybridized carbons (Fsp3) is 0.889. The largest absolute Gasteiger partial charge is 0.395 e. The molecule has 0 aromatic rings. The molecule has 2 saturated heterocycles. The molecule has 2 N–H and O–H groups in total. The van der Waals surface area contributed by atoms with Crippen LogP contribution < -0.4 is 5.32 Å². The number of likely N-dealkylation sites (N-methyl/N-ethyl adjacent to an activating group) is 1. The number of amides is 2. The molecule has 2 heterocycles. The van der Waals surface area contributed by atoms with Crippen LogP contribution in [0.2, 0.25) is 0 Å². The zero-order valence-corrected chi connectivity index (χ0v) is 8.49. The van der Waals surface area contributed by atoms with Crippen molar-refractivity contribution in [3.05, 3.63) is 0 Å². The van der Waals surface area contributed by atoms with Crippen molar-refractivity contribution in [1.29, 1.82) is 0 Å². The van der Waals surface area contributed by atoms with E-state index in [1.165, 1.54) is 0 Å². The zero-order chi connectivity index (χ0) is 10.2. The number of aliphatic hydroxyl groups excluding tert-OH is 1. The number of aliphatic hydroxyl groups is 1. The lowest BCUT2D eigenvalue weighted by Crippen LogP contribution is -2.45. The SMILES string of the molecule is CN1CCC2(C1)CN(CCO)C(=O)N2. The maximum Gasteiger partial charge on any atom is 0.318 e. The van der Waals surface area contributed by atoms with Crippen LogP contribution in [0.1, 0.15) is 6.42 Å². The summed E-state index contributed by atoms with van der Waals surface area (Å²) in [5.74, 6) is 0. The highest BCUT2D eigenvalue weighted by molar-refractivity contribution is 5.78. The van der Waals surface area contributed by atoms with E-state index in [1.54, 1.807) is 4.90 Å². The Morgan fingerprint density at radius 2 is 2.36 bits per heavy atom. The highest BCUT2D eigenvalue weighted by atomic mass is 16.3. The van der Waals surface area contributed by atoms with Crippen molar-refractivity contribution in [3.8, 4) is 0 Å². The number of carbonyl (C=O) groups excluding carboxylic acids is 1. The smallest absolute Gasteiger partial charge is 0.318 e. The van der Waals surface area contributed by atoms with Crippen LogP contribution in [0.25, 0.3) is 0 Å². The lowest BCUT2D eigenvalue weighted by Gasteiger charge is -2.22. The molecule has 0 saturated carbocycles. The molecular formula is C9H17N3O2. The Morgan fingerprint density at radius 1 is 1.57 bits per heavy atom.